The van der Waals surface area contributed by atoms with Crippen molar-refractivity contribution in [1.82, 2.24) is 10.2 Å². The van der Waals surface area contributed by atoms with Gasteiger partial charge in [-0.3, -0.25) is 4.90 Å². The van der Waals surface area contributed by atoms with Crippen LogP contribution in [0.2, 0.25) is 0 Å². The summed E-state index contributed by atoms with van der Waals surface area (Å²) in [5, 5.41) is 3.33. The van der Waals surface area contributed by atoms with Crippen molar-refractivity contribution >= 4 is 0 Å². The van der Waals surface area contributed by atoms with Crippen LogP contribution in [0.1, 0.15) is 39.0 Å². The van der Waals surface area contributed by atoms with Crippen molar-refractivity contribution in [3.63, 3.8) is 0 Å². The maximum Gasteiger partial charge on any atom is 0.0220 e. The highest BCUT2D eigenvalue weighted by Crippen LogP contribution is 2.36. The number of rotatable bonds is 7. The van der Waals surface area contributed by atoms with Gasteiger partial charge in [-0.15, -0.1) is 0 Å². The first kappa shape index (κ1) is 10.4. The Bertz CT molecular complexity index is 173. The number of nitrogens with one attached hydrogen (secondary N) is 1. The summed E-state index contributed by atoms with van der Waals surface area (Å²) in [6, 6.07) is 1.72. The van der Waals surface area contributed by atoms with E-state index in [0.29, 0.717) is 0 Å². The Morgan fingerprint density at radius 2 is 2.00 bits per heavy atom. The Balaban J connectivity index is 1.84. The molecule has 0 aromatic rings. The van der Waals surface area contributed by atoms with Gasteiger partial charge in [-0.1, -0.05) is 6.92 Å². The predicted octanol–water partition coefficient (Wildman–Crippen LogP) is 1.86. The highest BCUT2D eigenvalue weighted by molar-refractivity contribution is 4.92. The standard InChI is InChI=1S/C12H24N2/c1-3-11(8-13-2)14(12-6-7-12)9-10-4-5-10/h10-13H,3-9H2,1-2H3. The molecular formula is C12H24N2. The van der Waals surface area contributed by atoms with E-state index in [4.69, 9.17) is 0 Å². The summed E-state index contributed by atoms with van der Waals surface area (Å²) < 4.78 is 0. The first-order chi connectivity index (χ1) is 6.85. The molecule has 1 atom stereocenters. The molecule has 0 aliphatic heterocycles. The van der Waals surface area contributed by atoms with E-state index < -0.39 is 0 Å². The van der Waals surface area contributed by atoms with Crippen molar-refractivity contribution in [2.45, 2.75) is 51.1 Å². The van der Waals surface area contributed by atoms with Crippen LogP contribution in [-0.2, 0) is 0 Å². The second-order valence-corrected chi connectivity index (χ2v) is 4.99. The third-order valence-electron chi connectivity index (χ3n) is 3.56. The third kappa shape index (κ3) is 2.71. The highest BCUT2D eigenvalue weighted by Gasteiger charge is 2.36. The lowest BCUT2D eigenvalue weighted by Gasteiger charge is -2.31. The lowest BCUT2D eigenvalue weighted by atomic mass is 10.1. The lowest BCUT2D eigenvalue weighted by molar-refractivity contribution is 0.171. The van der Waals surface area contributed by atoms with Crippen LogP contribution in [-0.4, -0.2) is 37.1 Å². The van der Waals surface area contributed by atoms with Gasteiger partial charge >= 0.3 is 0 Å². The predicted molar refractivity (Wildman–Crippen MR) is 60.5 cm³/mol. The van der Waals surface area contributed by atoms with Crippen molar-refractivity contribution in [1.29, 1.82) is 0 Å². The first-order valence-electron chi connectivity index (χ1n) is 6.25. The van der Waals surface area contributed by atoms with E-state index in [9.17, 15) is 0 Å². The monoisotopic (exact) mass is 196 g/mol. The van der Waals surface area contributed by atoms with Crippen molar-refractivity contribution in [2.75, 3.05) is 20.1 Å². The van der Waals surface area contributed by atoms with Crippen LogP contribution < -0.4 is 5.32 Å². The van der Waals surface area contributed by atoms with Gasteiger partial charge in [-0.25, -0.2) is 0 Å². The molecule has 2 nitrogen and oxygen atoms in total. The van der Waals surface area contributed by atoms with E-state index in [1.165, 1.54) is 45.2 Å². The number of hydrogen-bond donors (Lipinski definition) is 1. The lowest BCUT2D eigenvalue weighted by Crippen LogP contribution is -2.43. The molecule has 0 aromatic heterocycles. The van der Waals surface area contributed by atoms with E-state index in [1.807, 2.05) is 0 Å². The quantitative estimate of drug-likeness (QED) is 0.668. The molecule has 0 bridgehead atoms. The molecule has 0 radical (unpaired) electrons. The zero-order valence-electron chi connectivity index (χ0n) is 9.63. The van der Waals surface area contributed by atoms with E-state index >= 15 is 0 Å². The molecule has 0 saturated heterocycles. The topological polar surface area (TPSA) is 15.3 Å². The third-order valence-corrected chi connectivity index (χ3v) is 3.56. The Labute approximate surface area is 88.1 Å². The summed E-state index contributed by atoms with van der Waals surface area (Å²) in [6.07, 6.45) is 7.17. The van der Waals surface area contributed by atoms with Crippen LogP contribution in [0.4, 0.5) is 0 Å². The van der Waals surface area contributed by atoms with E-state index in [1.54, 1.807) is 0 Å². The zero-order valence-corrected chi connectivity index (χ0v) is 9.63. The number of likely N-dealkylation sites (N-methyl/N-ethyl adjacent to an activating group) is 1. The summed E-state index contributed by atoms with van der Waals surface area (Å²) >= 11 is 0. The van der Waals surface area contributed by atoms with Crippen molar-refractivity contribution < 1.29 is 0 Å². The van der Waals surface area contributed by atoms with Crippen LogP contribution in [0.15, 0.2) is 0 Å². The fourth-order valence-corrected chi connectivity index (χ4v) is 2.33. The van der Waals surface area contributed by atoms with Crippen LogP contribution in [0, 0.1) is 5.92 Å². The molecule has 14 heavy (non-hydrogen) atoms. The molecule has 0 spiro atoms. The number of nitrogens with zero attached hydrogens (tertiary/aromatic N) is 1. The molecule has 1 unspecified atom stereocenters. The van der Waals surface area contributed by atoms with Crippen molar-refractivity contribution in [3.8, 4) is 0 Å². The minimum Gasteiger partial charge on any atom is -0.318 e. The second kappa shape index (κ2) is 4.63. The van der Waals surface area contributed by atoms with E-state index in [2.05, 4.69) is 24.2 Å². The minimum atomic E-state index is 0.785. The Kier molecular flexibility index (Phi) is 3.45. The van der Waals surface area contributed by atoms with Gasteiger partial charge in [0.05, 0.1) is 0 Å². The van der Waals surface area contributed by atoms with Gasteiger partial charge in [0.25, 0.3) is 0 Å². The van der Waals surface area contributed by atoms with Crippen LogP contribution in [0.3, 0.4) is 0 Å². The minimum absolute atomic E-state index is 0.785. The van der Waals surface area contributed by atoms with Gasteiger partial charge in [0.15, 0.2) is 0 Å². The Morgan fingerprint density at radius 3 is 2.43 bits per heavy atom. The highest BCUT2D eigenvalue weighted by atomic mass is 15.2. The number of hydrogen-bond acceptors (Lipinski definition) is 2. The van der Waals surface area contributed by atoms with Crippen LogP contribution >= 0.6 is 0 Å². The molecule has 0 heterocycles. The second-order valence-electron chi connectivity index (χ2n) is 4.99. The summed E-state index contributed by atoms with van der Waals surface area (Å²) in [5.74, 6) is 1.04. The maximum absolute atomic E-state index is 3.33. The fourth-order valence-electron chi connectivity index (χ4n) is 2.33. The average Bonchev–Trinajstić information content (AvgIpc) is 3.03. The van der Waals surface area contributed by atoms with Gasteiger partial charge in [-0.05, 0) is 45.1 Å². The molecule has 0 amide bonds. The molecule has 2 aliphatic carbocycles. The van der Waals surface area contributed by atoms with Gasteiger partial charge < -0.3 is 5.32 Å². The Hall–Kier alpha value is -0.0800. The smallest absolute Gasteiger partial charge is 0.0220 e. The first-order valence-corrected chi connectivity index (χ1v) is 6.25. The average molecular weight is 196 g/mol. The SMILES string of the molecule is CCC(CNC)N(CC1CC1)C1CC1. The molecule has 2 heteroatoms. The molecule has 2 saturated carbocycles. The Morgan fingerprint density at radius 1 is 1.29 bits per heavy atom. The van der Waals surface area contributed by atoms with Gasteiger partial charge in [0.1, 0.15) is 0 Å². The van der Waals surface area contributed by atoms with Crippen LogP contribution in [0.5, 0.6) is 0 Å². The molecular weight excluding hydrogens is 172 g/mol. The fraction of sp³-hybridized carbons (Fsp3) is 1.00. The molecule has 0 aromatic carbocycles. The molecule has 1 N–H and O–H groups in total. The summed E-state index contributed by atoms with van der Waals surface area (Å²) in [5.41, 5.74) is 0. The maximum atomic E-state index is 3.33. The molecule has 2 rings (SSSR count). The molecule has 82 valence electrons. The van der Waals surface area contributed by atoms with Gasteiger partial charge in [0.2, 0.25) is 0 Å². The van der Waals surface area contributed by atoms with Crippen LogP contribution in [0.25, 0.3) is 0 Å². The molecule has 2 aliphatic rings. The zero-order chi connectivity index (χ0) is 9.97. The van der Waals surface area contributed by atoms with Gasteiger partial charge in [-0.2, -0.15) is 0 Å². The largest absolute Gasteiger partial charge is 0.318 e. The summed E-state index contributed by atoms with van der Waals surface area (Å²) in [7, 11) is 2.07. The normalized spacial score (nSPS) is 24.2. The van der Waals surface area contributed by atoms with Crippen molar-refractivity contribution in [3.05, 3.63) is 0 Å². The van der Waals surface area contributed by atoms with E-state index in [-0.39, 0.29) is 0 Å². The van der Waals surface area contributed by atoms with Crippen molar-refractivity contribution in [2.24, 2.45) is 5.92 Å². The molecule has 2 fully saturated rings. The van der Waals surface area contributed by atoms with E-state index in [0.717, 1.165) is 18.0 Å². The van der Waals surface area contributed by atoms with Gasteiger partial charge in [0, 0.05) is 25.2 Å². The summed E-state index contributed by atoms with van der Waals surface area (Å²) in [4.78, 5) is 2.79. The summed E-state index contributed by atoms with van der Waals surface area (Å²) in [6.45, 7) is 4.87.